The highest BCUT2D eigenvalue weighted by molar-refractivity contribution is 5.69. The molecule has 4 heteroatoms. The number of rotatable bonds is 7. The Balaban J connectivity index is 2.12. The number of hydrogen-bond donors (Lipinski definition) is 0. The molecule has 1 aliphatic heterocycles. The highest BCUT2D eigenvalue weighted by Crippen LogP contribution is 2.23. The van der Waals surface area contributed by atoms with Crippen LogP contribution in [0, 0.1) is 5.92 Å². The number of unbranched alkanes of at least 4 members (excludes halogenated alkanes) is 1. The van der Waals surface area contributed by atoms with Gasteiger partial charge >= 0.3 is 5.97 Å². The summed E-state index contributed by atoms with van der Waals surface area (Å²) >= 11 is 0. The predicted molar refractivity (Wildman–Crippen MR) is 60.0 cm³/mol. The monoisotopic (exact) mass is 230 g/mol. The van der Waals surface area contributed by atoms with Crippen LogP contribution < -0.4 is 0 Å². The van der Waals surface area contributed by atoms with Crippen molar-refractivity contribution in [1.29, 1.82) is 0 Å². The summed E-state index contributed by atoms with van der Waals surface area (Å²) in [6.07, 6.45) is 3.32. The molecule has 1 fully saturated rings. The number of ether oxygens (including phenoxy) is 3. The molecule has 0 saturated carbocycles. The lowest BCUT2D eigenvalue weighted by atomic mass is 10.1. The van der Waals surface area contributed by atoms with E-state index in [1.807, 2.05) is 6.92 Å². The molecule has 0 aromatic heterocycles. The fraction of sp³-hybridized carbons (Fsp3) is 0.917. The van der Waals surface area contributed by atoms with Gasteiger partial charge in [0.25, 0.3) is 0 Å². The van der Waals surface area contributed by atoms with Crippen molar-refractivity contribution in [2.75, 3.05) is 19.8 Å². The summed E-state index contributed by atoms with van der Waals surface area (Å²) in [5.74, 6) is 0.121. The Morgan fingerprint density at radius 3 is 2.94 bits per heavy atom. The smallest absolute Gasteiger partial charge is 0.306 e. The lowest BCUT2D eigenvalue weighted by Crippen LogP contribution is -2.13. The maximum absolute atomic E-state index is 11.2. The minimum absolute atomic E-state index is 0.119. The first-order valence-electron chi connectivity index (χ1n) is 6.15. The molecule has 2 atom stereocenters. The zero-order valence-corrected chi connectivity index (χ0v) is 10.2. The van der Waals surface area contributed by atoms with Gasteiger partial charge in [-0.15, -0.1) is 0 Å². The third-order valence-corrected chi connectivity index (χ3v) is 2.61. The van der Waals surface area contributed by atoms with Crippen LogP contribution in [0.1, 0.15) is 39.5 Å². The molecule has 0 radical (unpaired) electrons. The molecule has 0 spiro atoms. The van der Waals surface area contributed by atoms with E-state index in [4.69, 9.17) is 14.2 Å². The van der Waals surface area contributed by atoms with E-state index in [0.717, 1.165) is 25.9 Å². The van der Waals surface area contributed by atoms with E-state index < -0.39 is 0 Å². The normalized spacial score (nSPS) is 24.6. The van der Waals surface area contributed by atoms with E-state index in [9.17, 15) is 4.79 Å². The summed E-state index contributed by atoms with van der Waals surface area (Å²) < 4.78 is 15.9. The van der Waals surface area contributed by atoms with Gasteiger partial charge in [0.2, 0.25) is 0 Å². The molecule has 94 valence electrons. The summed E-state index contributed by atoms with van der Waals surface area (Å²) in [6, 6.07) is 0. The summed E-state index contributed by atoms with van der Waals surface area (Å²) in [5, 5.41) is 0. The molecular formula is C12H22O4. The van der Waals surface area contributed by atoms with Crippen LogP contribution in [0.5, 0.6) is 0 Å². The average molecular weight is 230 g/mol. The molecular weight excluding hydrogens is 208 g/mol. The Kier molecular flexibility index (Phi) is 6.42. The van der Waals surface area contributed by atoms with Crippen LogP contribution in [0.4, 0.5) is 0 Å². The Morgan fingerprint density at radius 1 is 1.44 bits per heavy atom. The quantitative estimate of drug-likeness (QED) is 0.496. The molecule has 1 rings (SSSR count). The Labute approximate surface area is 97.2 Å². The first-order chi connectivity index (χ1) is 7.76. The largest absolute Gasteiger partial charge is 0.466 e. The second kappa shape index (κ2) is 7.63. The highest BCUT2D eigenvalue weighted by atomic mass is 16.7. The van der Waals surface area contributed by atoms with Gasteiger partial charge in [-0.3, -0.25) is 4.79 Å². The van der Waals surface area contributed by atoms with Crippen molar-refractivity contribution in [1.82, 2.24) is 0 Å². The molecule has 16 heavy (non-hydrogen) atoms. The van der Waals surface area contributed by atoms with E-state index in [1.54, 1.807) is 0 Å². The lowest BCUT2D eigenvalue weighted by Gasteiger charge is -2.10. The molecule has 0 aliphatic carbocycles. The average Bonchev–Trinajstić information content (AvgIpc) is 2.66. The summed E-state index contributed by atoms with van der Waals surface area (Å²) in [5.41, 5.74) is 0. The lowest BCUT2D eigenvalue weighted by molar-refractivity contribution is -0.144. The van der Waals surface area contributed by atoms with Crippen LogP contribution in [-0.2, 0) is 19.0 Å². The van der Waals surface area contributed by atoms with Crippen molar-refractivity contribution in [3.63, 3.8) is 0 Å². The number of hydrogen-bond acceptors (Lipinski definition) is 4. The van der Waals surface area contributed by atoms with Crippen molar-refractivity contribution in [3.05, 3.63) is 0 Å². The molecule has 1 aliphatic rings. The van der Waals surface area contributed by atoms with Crippen LogP contribution in [0.25, 0.3) is 0 Å². The topological polar surface area (TPSA) is 44.8 Å². The molecule has 0 amide bonds. The second-order valence-electron chi connectivity index (χ2n) is 4.10. The molecule has 0 aromatic rings. The van der Waals surface area contributed by atoms with E-state index in [2.05, 4.69) is 6.92 Å². The van der Waals surface area contributed by atoms with Crippen molar-refractivity contribution in [2.24, 2.45) is 5.92 Å². The Morgan fingerprint density at radius 2 is 2.25 bits per heavy atom. The van der Waals surface area contributed by atoms with Crippen LogP contribution >= 0.6 is 0 Å². The maximum Gasteiger partial charge on any atom is 0.306 e. The van der Waals surface area contributed by atoms with E-state index >= 15 is 0 Å². The summed E-state index contributed by atoms with van der Waals surface area (Å²) in [6.45, 7) is 5.74. The zero-order chi connectivity index (χ0) is 11.8. The third-order valence-electron chi connectivity index (χ3n) is 2.61. The Hall–Kier alpha value is -0.610. The van der Waals surface area contributed by atoms with Crippen LogP contribution in [0.3, 0.4) is 0 Å². The van der Waals surface area contributed by atoms with Gasteiger partial charge in [0.05, 0.1) is 19.6 Å². The van der Waals surface area contributed by atoms with Gasteiger partial charge in [0.1, 0.15) is 0 Å². The summed E-state index contributed by atoms with van der Waals surface area (Å²) in [4.78, 5) is 11.2. The fourth-order valence-electron chi connectivity index (χ4n) is 1.72. The minimum Gasteiger partial charge on any atom is -0.466 e. The fourth-order valence-corrected chi connectivity index (χ4v) is 1.72. The van der Waals surface area contributed by atoms with Gasteiger partial charge in [0, 0.05) is 13.0 Å². The molecule has 0 bridgehead atoms. The van der Waals surface area contributed by atoms with Gasteiger partial charge in [-0.1, -0.05) is 13.3 Å². The summed E-state index contributed by atoms with van der Waals surface area (Å²) in [7, 11) is 0. The zero-order valence-electron chi connectivity index (χ0n) is 10.2. The van der Waals surface area contributed by atoms with Gasteiger partial charge in [-0.25, -0.2) is 0 Å². The third kappa shape index (κ3) is 4.94. The van der Waals surface area contributed by atoms with Crippen LogP contribution in [0.15, 0.2) is 0 Å². The van der Waals surface area contributed by atoms with Gasteiger partial charge in [-0.05, 0) is 19.3 Å². The number of carbonyl (C=O) groups excluding carboxylic acids is 1. The standard InChI is InChI=1S/C12H22O4/c1-3-5-6-15-12-8-10(9-16-12)7-11(13)14-4-2/h10,12H,3-9H2,1-2H3. The van der Waals surface area contributed by atoms with Crippen molar-refractivity contribution >= 4 is 5.97 Å². The molecule has 4 nitrogen and oxygen atoms in total. The second-order valence-corrected chi connectivity index (χ2v) is 4.10. The van der Waals surface area contributed by atoms with Crippen molar-refractivity contribution < 1.29 is 19.0 Å². The van der Waals surface area contributed by atoms with Crippen molar-refractivity contribution in [3.8, 4) is 0 Å². The minimum atomic E-state index is -0.134. The molecule has 0 aromatic carbocycles. The molecule has 1 saturated heterocycles. The van der Waals surface area contributed by atoms with Gasteiger partial charge in [0.15, 0.2) is 6.29 Å². The van der Waals surface area contributed by atoms with Crippen molar-refractivity contribution in [2.45, 2.75) is 45.8 Å². The first kappa shape index (κ1) is 13.5. The highest BCUT2D eigenvalue weighted by Gasteiger charge is 2.28. The van der Waals surface area contributed by atoms with Gasteiger partial charge in [-0.2, -0.15) is 0 Å². The SMILES string of the molecule is CCCCOC1CC(CC(=O)OCC)CO1. The first-order valence-corrected chi connectivity index (χ1v) is 6.15. The van der Waals surface area contributed by atoms with Crippen LogP contribution in [0.2, 0.25) is 0 Å². The number of carbonyl (C=O) groups is 1. The van der Waals surface area contributed by atoms with E-state index in [-0.39, 0.29) is 18.2 Å². The van der Waals surface area contributed by atoms with Gasteiger partial charge < -0.3 is 14.2 Å². The predicted octanol–water partition coefficient (Wildman–Crippen LogP) is 2.12. The van der Waals surface area contributed by atoms with E-state index in [0.29, 0.717) is 19.6 Å². The Bertz CT molecular complexity index is 205. The molecule has 0 N–H and O–H groups in total. The van der Waals surface area contributed by atoms with Crippen LogP contribution in [-0.4, -0.2) is 32.1 Å². The maximum atomic E-state index is 11.2. The molecule has 2 unspecified atom stereocenters. The molecule has 1 heterocycles. The van der Waals surface area contributed by atoms with E-state index in [1.165, 1.54) is 0 Å². The number of esters is 1.